The van der Waals surface area contributed by atoms with Crippen molar-refractivity contribution in [1.29, 1.82) is 0 Å². The van der Waals surface area contributed by atoms with E-state index in [0.717, 1.165) is 3.57 Å². The molecule has 1 rings (SSSR count). The second-order valence-electron chi connectivity index (χ2n) is 2.49. The normalized spacial score (nSPS) is 10.1. The van der Waals surface area contributed by atoms with Gasteiger partial charge in [0.05, 0.1) is 5.02 Å². The fourth-order valence-corrected chi connectivity index (χ4v) is 1.70. The molecule has 0 bridgehead atoms. The van der Waals surface area contributed by atoms with E-state index in [4.69, 9.17) is 23.2 Å². The van der Waals surface area contributed by atoms with Gasteiger partial charge >= 0.3 is 0 Å². The lowest BCUT2D eigenvalue weighted by Gasteiger charge is -2.00. The lowest BCUT2D eigenvalue weighted by molar-refractivity contribution is 0.0989. The molecule has 0 spiro atoms. The Bertz CT molecular complexity index is 325. The van der Waals surface area contributed by atoms with E-state index >= 15 is 0 Å². The first-order chi connectivity index (χ1) is 6.15. The highest BCUT2D eigenvalue weighted by Gasteiger charge is 2.06. The number of carbonyl (C=O) groups excluding carboxylic acids is 1. The molecule has 0 atom stereocenters. The molecule has 0 fully saturated rings. The topological polar surface area (TPSA) is 17.1 Å². The predicted octanol–water partition coefficient (Wildman–Crippen LogP) is 3.76. The highest BCUT2D eigenvalue weighted by atomic mass is 127. The van der Waals surface area contributed by atoms with Gasteiger partial charge in [-0.3, -0.25) is 4.79 Å². The van der Waals surface area contributed by atoms with Crippen molar-refractivity contribution in [1.82, 2.24) is 0 Å². The number of carbonyl (C=O) groups is 1. The molecule has 13 heavy (non-hydrogen) atoms. The van der Waals surface area contributed by atoms with E-state index in [1.807, 2.05) is 0 Å². The molecule has 0 amide bonds. The summed E-state index contributed by atoms with van der Waals surface area (Å²) < 4.78 is 0.889. The molecule has 1 aromatic rings. The van der Waals surface area contributed by atoms with Gasteiger partial charge in [0.15, 0.2) is 5.78 Å². The minimum Gasteiger partial charge on any atom is -0.294 e. The van der Waals surface area contributed by atoms with Crippen LogP contribution in [-0.4, -0.2) is 11.7 Å². The number of benzene rings is 1. The van der Waals surface area contributed by atoms with Crippen molar-refractivity contribution in [3.8, 4) is 0 Å². The zero-order valence-electron chi connectivity index (χ0n) is 6.69. The van der Waals surface area contributed by atoms with Gasteiger partial charge in [-0.2, -0.15) is 0 Å². The van der Waals surface area contributed by atoms with Crippen molar-refractivity contribution in [2.24, 2.45) is 0 Å². The van der Waals surface area contributed by atoms with E-state index in [2.05, 4.69) is 22.6 Å². The summed E-state index contributed by atoms with van der Waals surface area (Å²) in [5, 5.41) is 0.669. The molecule has 0 aromatic heterocycles. The van der Waals surface area contributed by atoms with Crippen molar-refractivity contribution in [2.75, 3.05) is 5.88 Å². The predicted molar refractivity (Wildman–Crippen MR) is 63.8 cm³/mol. The van der Waals surface area contributed by atoms with Gasteiger partial charge in [-0.15, -0.1) is 11.6 Å². The van der Waals surface area contributed by atoms with E-state index in [1.165, 1.54) is 0 Å². The van der Waals surface area contributed by atoms with Crippen LogP contribution in [0.4, 0.5) is 0 Å². The summed E-state index contributed by atoms with van der Waals surface area (Å²) >= 11 is 13.4. The van der Waals surface area contributed by atoms with Gasteiger partial charge in [0.2, 0.25) is 0 Å². The minimum atomic E-state index is 0.0598. The van der Waals surface area contributed by atoms with Crippen molar-refractivity contribution >= 4 is 51.6 Å². The molecule has 0 aliphatic carbocycles. The number of alkyl halides is 1. The first-order valence-electron chi connectivity index (χ1n) is 3.69. The third-order valence-corrected chi connectivity index (χ3v) is 3.29. The van der Waals surface area contributed by atoms with Crippen LogP contribution in [0.25, 0.3) is 0 Å². The second kappa shape index (κ2) is 5.17. The summed E-state index contributed by atoms with van der Waals surface area (Å²) in [5.74, 6) is 0.419. The standard InChI is InChI=1S/C9H7Cl2IO/c10-4-3-9(13)6-1-2-7(11)8(12)5-6/h1-2,5H,3-4H2. The number of rotatable bonds is 3. The van der Waals surface area contributed by atoms with E-state index in [0.29, 0.717) is 22.9 Å². The first kappa shape index (κ1) is 11.3. The van der Waals surface area contributed by atoms with Crippen LogP contribution in [0.15, 0.2) is 18.2 Å². The fourth-order valence-electron chi connectivity index (χ4n) is 0.900. The Labute approximate surface area is 101 Å². The van der Waals surface area contributed by atoms with Crippen LogP contribution >= 0.6 is 45.8 Å². The van der Waals surface area contributed by atoms with Crippen LogP contribution in [0.3, 0.4) is 0 Å². The van der Waals surface area contributed by atoms with E-state index in [-0.39, 0.29) is 5.78 Å². The van der Waals surface area contributed by atoms with Crippen LogP contribution in [0.1, 0.15) is 16.8 Å². The second-order valence-corrected chi connectivity index (χ2v) is 4.44. The SMILES string of the molecule is O=C(CCCl)c1ccc(Cl)c(I)c1. The lowest BCUT2D eigenvalue weighted by atomic mass is 10.1. The van der Waals surface area contributed by atoms with Crippen LogP contribution in [0, 0.1) is 3.57 Å². The van der Waals surface area contributed by atoms with Gasteiger partial charge in [-0.1, -0.05) is 11.6 Å². The van der Waals surface area contributed by atoms with Crippen LogP contribution < -0.4 is 0 Å². The molecular formula is C9H7Cl2IO. The first-order valence-corrected chi connectivity index (χ1v) is 5.68. The lowest BCUT2D eigenvalue weighted by Crippen LogP contribution is -1.99. The molecule has 0 heterocycles. The maximum Gasteiger partial charge on any atom is 0.164 e. The van der Waals surface area contributed by atoms with Gasteiger partial charge < -0.3 is 0 Å². The summed E-state index contributed by atoms with van der Waals surface area (Å²) in [5.41, 5.74) is 0.675. The van der Waals surface area contributed by atoms with Gasteiger partial charge in [0, 0.05) is 21.4 Å². The van der Waals surface area contributed by atoms with Gasteiger partial charge in [0.1, 0.15) is 0 Å². The molecule has 0 aliphatic heterocycles. The summed E-state index contributed by atoms with van der Waals surface area (Å²) in [4.78, 5) is 11.4. The number of Topliss-reactive ketones (excluding diaryl/α,β-unsaturated/α-hetero) is 1. The maximum absolute atomic E-state index is 11.4. The largest absolute Gasteiger partial charge is 0.294 e. The molecule has 70 valence electrons. The molecule has 1 aromatic carbocycles. The van der Waals surface area contributed by atoms with E-state index in [1.54, 1.807) is 18.2 Å². The van der Waals surface area contributed by atoms with Crippen LogP contribution in [0.2, 0.25) is 5.02 Å². The molecule has 0 N–H and O–H groups in total. The fraction of sp³-hybridized carbons (Fsp3) is 0.222. The number of ketones is 1. The Balaban J connectivity index is 2.90. The molecule has 0 saturated heterocycles. The summed E-state index contributed by atoms with van der Waals surface area (Å²) in [6.07, 6.45) is 0.374. The third-order valence-electron chi connectivity index (χ3n) is 1.56. The molecule has 0 radical (unpaired) electrons. The molecule has 4 heteroatoms. The Morgan fingerprint density at radius 3 is 2.69 bits per heavy atom. The summed E-state index contributed by atoms with van der Waals surface area (Å²) in [6.45, 7) is 0. The third kappa shape index (κ3) is 3.11. The Hall–Kier alpha value is 0.200. The quantitative estimate of drug-likeness (QED) is 0.469. The van der Waals surface area contributed by atoms with E-state index < -0.39 is 0 Å². The average molecular weight is 329 g/mol. The summed E-state index contributed by atoms with van der Waals surface area (Å²) in [6, 6.07) is 5.22. The van der Waals surface area contributed by atoms with Gasteiger partial charge in [0.25, 0.3) is 0 Å². The van der Waals surface area contributed by atoms with E-state index in [9.17, 15) is 4.79 Å². The summed E-state index contributed by atoms with van der Waals surface area (Å²) in [7, 11) is 0. The molecule has 0 unspecified atom stereocenters. The molecule has 0 saturated carbocycles. The zero-order valence-corrected chi connectivity index (χ0v) is 10.4. The van der Waals surface area contributed by atoms with Crippen molar-refractivity contribution in [3.05, 3.63) is 32.4 Å². The zero-order chi connectivity index (χ0) is 9.84. The van der Waals surface area contributed by atoms with Crippen molar-refractivity contribution in [2.45, 2.75) is 6.42 Å². The van der Waals surface area contributed by atoms with Crippen molar-refractivity contribution in [3.63, 3.8) is 0 Å². The van der Waals surface area contributed by atoms with Crippen molar-refractivity contribution < 1.29 is 4.79 Å². The average Bonchev–Trinajstić information content (AvgIpc) is 2.10. The Morgan fingerprint density at radius 2 is 2.15 bits per heavy atom. The Morgan fingerprint density at radius 1 is 1.46 bits per heavy atom. The molecular weight excluding hydrogens is 322 g/mol. The van der Waals surface area contributed by atoms with Gasteiger partial charge in [-0.25, -0.2) is 0 Å². The highest BCUT2D eigenvalue weighted by molar-refractivity contribution is 14.1. The highest BCUT2D eigenvalue weighted by Crippen LogP contribution is 2.20. The smallest absolute Gasteiger partial charge is 0.164 e. The number of halogens is 3. The maximum atomic E-state index is 11.4. The molecule has 0 aliphatic rings. The van der Waals surface area contributed by atoms with Gasteiger partial charge in [-0.05, 0) is 40.8 Å². The Kier molecular flexibility index (Phi) is 4.49. The minimum absolute atomic E-state index is 0.0598. The van der Waals surface area contributed by atoms with Crippen LogP contribution in [-0.2, 0) is 0 Å². The number of hydrogen-bond donors (Lipinski definition) is 0. The van der Waals surface area contributed by atoms with Crippen LogP contribution in [0.5, 0.6) is 0 Å². The number of hydrogen-bond acceptors (Lipinski definition) is 1. The monoisotopic (exact) mass is 328 g/mol. The molecule has 1 nitrogen and oxygen atoms in total.